The lowest BCUT2D eigenvalue weighted by Gasteiger charge is -2.12. The van der Waals surface area contributed by atoms with Crippen molar-refractivity contribution >= 4 is 0 Å². The molecule has 3 nitrogen and oxygen atoms in total. The van der Waals surface area contributed by atoms with Gasteiger partial charge >= 0.3 is 0 Å². The van der Waals surface area contributed by atoms with E-state index in [1.807, 2.05) is 12.3 Å². The second-order valence-electron chi connectivity index (χ2n) is 3.66. The monoisotopic (exact) mass is 165 g/mol. The zero-order valence-electron chi connectivity index (χ0n) is 7.64. The van der Waals surface area contributed by atoms with Crippen molar-refractivity contribution in [1.82, 2.24) is 14.7 Å². The summed E-state index contributed by atoms with van der Waals surface area (Å²) >= 11 is 0. The standard InChI is InChI=1S/C9H15N3/c1-8-6-9(7-11(8)2)12-5-3-4-10-12/h3-5,8-9H,6-7H2,1-2H3/t8-,9+/m1/s1. The summed E-state index contributed by atoms with van der Waals surface area (Å²) in [5.74, 6) is 0. The highest BCUT2D eigenvalue weighted by molar-refractivity contribution is 4.88. The molecule has 0 amide bonds. The van der Waals surface area contributed by atoms with Crippen LogP contribution < -0.4 is 0 Å². The van der Waals surface area contributed by atoms with Gasteiger partial charge in [-0.05, 0) is 26.5 Å². The quantitative estimate of drug-likeness (QED) is 0.622. The summed E-state index contributed by atoms with van der Waals surface area (Å²) in [6, 6.07) is 3.27. The lowest BCUT2D eigenvalue weighted by atomic mass is 10.2. The molecule has 1 aromatic rings. The smallest absolute Gasteiger partial charge is 0.0660 e. The Morgan fingerprint density at radius 2 is 2.33 bits per heavy atom. The van der Waals surface area contributed by atoms with E-state index in [-0.39, 0.29) is 0 Å². The van der Waals surface area contributed by atoms with Crippen LogP contribution in [0.1, 0.15) is 19.4 Å². The zero-order valence-corrected chi connectivity index (χ0v) is 7.64. The third kappa shape index (κ3) is 1.25. The first-order valence-corrected chi connectivity index (χ1v) is 4.46. The molecular weight excluding hydrogens is 150 g/mol. The first-order chi connectivity index (χ1) is 5.77. The van der Waals surface area contributed by atoms with Gasteiger partial charge in [0.2, 0.25) is 0 Å². The molecule has 0 radical (unpaired) electrons. The van der Waals surface area contributed by atoms with Gasteiger partial charge in [-0.2, -0.15) is 5.10 Å². The van der Waals surface area contributed by atoms with E-state index in [4.69, 9.17) is 0 Å². The first kappa shape index (κ1) is 7.80. The highest BCUT2D eigenvalue weighted by Gasteiger charge is 2.27. The fourth-order valence-electron chi connectivity index (χ4n) is 1.85. The van der Waals surface area contributed by atoms with Crippen molar-refractivity contribution in [2.45, 2.75) is 25.4 Å². The molecule has 66 valence electrons. The maximum atomic E-state index is 4.26. The van der Waals surface area contributed by atoms with Crippen LogP contribution in [0.3, 0.4) is 0 Å². The topological polar surface area (TPSA) is 21.1 Å². The number of likely N-dealkylation sites (N-methyl/N-ethyl adjacent to an activating group) is 1. The van der Waals surface area contributed by atoms with E-state index in [1.54, 1.807) is 0 Å². The third-order valence-electron chi connectivity index (χ3n) is 2.76. The number of nitrogens with zero attached hydrogens (tertiary/aromatic N) is 3. The lowest BCUT2D eigenvalue weighted by molar-refractivity contribution is 0.323. The Morgan fingerprint density at radius 1 is 1.50 bits per heavy atom. The molecule has 0 saturated carbocycles. The van der Waals surface area contributed by atoms with Gasteiger partial charge in [0.1, 0.15) is 0 Å². The Balaban J connectivity index is 2.09. The van der Waals surface area contributed by atoms with Crippen LogP contribution in [0, 0.1) is 0 Å². The fraction of sp³-hybridized carbons (Fsp3) is 0.667. The molecule has 0 unspecified atom stereocenters. The summed E-state index contributed by atoms with van der Waals surface area (Å²) in [5.41, 5.74) is 0. The molecule has 1 aliphatic rings. The molecule has 1 aromatic heterocycles. The minimum atomic E-state index is 0.583. The van der Waals surface area contributed by atoms with Crippen LogP contribution in [0.2, 0.25) is 0 Å². The van der Waals surface area contributed by atoms with E-state index in [0.717, 1.165) is 6.54 Å². The maximum Gasteiger partial charge on any atom is 0.0660 e. The molecule has 12 heavy (non-hydrogen) atoms. The molecule has 0 N–H and O–H groups in total. The van der Waals surface area contributed by atoms with Gasteiger partial charge in [0.05, 0.1) is 6.04 Å². The van der Waals surface area contributed by atoms with E-state index < -0.39 is 0 Å². The van der Waals surface area contributed by atoms with E-state index in [0.29, 0.717) is 12.1 Å². The predicted octanol–water partition coefficient (Wildman–Crippen LogP) is 1.15. The summed E-state index contributed by atoms with van der Waals surface area (Å²) in [6.07, 6.45) is 5.12. The van der Waals surface area contributed by atoms with Gasteiger partial charge < -0.3 is 4.90 Å². The van der Waals surface area contributed by atoms with Crippen LogP contribution in [-0.2, 0) is 0 Å². The van der Waals surface area contributed by atoms with Crippen LogP contribution in [0.4, 0.5) is 0 Å². The third-order valence-corrected chi connectivity index (χ3v) is 2.76. The Morgan fingerprint density at radius 3 is 2.83 bits per heavy atom. The molecule has 1 aliphatic heterocycles. The van der Waals surface area contributed by atoms with E-state index in [1.165, 1.54) is 6.42 Å². The van der Waals surface area contributed by atoms with Crippen molar-refractivity contribution < 1.29 is 0 Å². The van der Waals surface area contributed by atoms with E-state index in [9.17, 15) is 0 Å². The van der Waals surface area contributed by atoms with Gasteiger partial charge in [-0.25, -0.2) is 0 Å². The van der Waals surface area contributed by atoms with Crippen molar-refractivity contribution in [2.75, 3.05) is 13.6 Å². The SMILES string of the molecule is C[C@@H]1C[C@H](n2cccn2)CN1C. The van der Waals surface area contributed by atoms with Crippen molar-refractivity contribution in [2.24, 2.45) is 0 Å². The van der Waals surface area contributed by atoms with Crippen LogP contribution in [-0.4, -0.2) is 34.3 Å². The van der Waals surface area contributed by atoms with Crippen LogP contribution in [0.25, 0.3) is 0 Å². The van der Waals surface area contributed by atoms with Gasteiger partial charge in [0.25, 0.3) is 0 Å². The van der Waals surface area contributed by atoms with Crippen molar-refractivity contribution in [3.63, 3.8) is 0 Å². The minimum Gasteiger partial charge on any atom is -0.301 e. The summed E-state index contributed by atoms with van der Waals surface area (Å²) in [5, 5.41) is 4.26. The predicted molar refractivity (Wildman–Crippen MR) is 48.0 cm³/mol. The van der Waals surface area contributed by atoms with E-state index >= 15 is 0 Å². The first-order valence-electron chi connectivity index (χ1n) is 4.46. The highest BCUT2D eigenvalue weighted by atomic mass is 15.3. The number of hydrogen-bond donors (Lipinski definition) is 0. The maximum absolute atomic E-state index is 4.26. The molecule has 1 fully saturated rings. The zero-order chi connectivity index (χ0) is 8.55. The van der Waals surface area contributed by atoms with E-state index in [2.05, 4.69) is 34.8 Å². The largest absolute Gasteiger partial charge is 0.301 e. The molecular formula is C9H15N3. The molecule has 2 atom stereocenters. The molecule has 0 aromatic carbocycles. The molecule has 0 spiro atoms. The summed E-state index contributed by atoms with van der Waals surface area (Å²) in [6.45, 7) is 3.40. The Bertz CT molecular complexity index is 232. The highest BCUT2D eigenvalue weighted by Crippen LogP contribution is 2.24. The van der Waals surface area contributed by atoms with Gasteiger partial charge in [0, 0.05) is 25.0 Å². The Kier molecular flexibility index (Phi) is 1.89. The van der Waals surface area contributed by atoms with Crippen molar-refractivity contribution in [3.05, 3.63) is 18.5 Å². The fourth-order valence-corrected chi connectivity index (χ4v) is 1.85. The Hall–Kier alpha value is -0.830. The number of rotatable bonds is 1. The minimum absolute atomic E-state index is 0.583. The summed E-state index contributed by atoms with van der Waals surface area (Å²) < 4.78 is 2.07. The number of likely N-dealkylation sites (tertiary alicyclic amines) is 1. The van der Waals surface area contributed by atoms with Gasteiger partial charge in [-0.15, -0.1) is 0 Å². The average molecular weight is 165 g/mol. The molecule has 2 rings (SSSR count). The summed E-state index contributed by atoms with van der Waals surface area (Å²) in [7, 11) is 2.17. The van der Waals surface area contributed by atoms with Crippen LogP contribution in [0.5, 0.6) is 0 Å². The van der Waals surface area contributed by atoms with Crippen LogP contribution in [0.15, 0.2) is 18.5 Å². The molecule has 1 saturated heterocycles. The van der Waals surface area contributed by atoms with Crippen LogP contribution >= 0.6 is 0 Å². The van der Waals surface area contributed by atoms with Crippen molar-refractivity contribution in [3.8, 4) is 0 Å². The van der Waals surface area contributed by atoms with Gasteiger partial charge in [-0.1, -0.05) is 0 Å². The molecule has 3 heteroatoms. The molecule has 0 bridgehead atoms. The number of hydrogen-bond acceptors (Lipinski definition) is 2. The average Bonchev–Trinajstić information content (AvgIpc) is 2.61. The lowest BCUT2D eigenvalue weighted by Crippen LogP contribution is -2.21. The second kappa shape index (κ2) is 2.90. The normalized spacial score (nSPS) is 31.2. The summed E-state index contributed by atoms with van der Waals surface area (Å²) in [4.78, 5) is 2.38. The number of aromatic nitrogens is 2. The van der Waals surface area contributed by atoms with Gasteiger partial charge in [-0.3, -0.25) is 4.68 Å². The van der Waals surface area contributed by atoms with Crippen molar-refractivity contribution in [1.29, 1.82) is 0 Å². The second-order valence-corrected chi connectivity index (χ2v) is 3.66. The Labute approximate surface area is 73.0 Å². The molecule has 2 heterocycles. The van der Waals surface area contributed by atoms with Gasteiger partial charge in [0.15, 0.2) is 0 Å². The molecule has 0 aliphatic carbocycles.